The lowest BCUT2D eigenvalue weighted by atomic mass is 10.1. The number of aromatic nitrogens is 1. The van der Waals surface area contributed by atoms with Gasteiger partial charge in [-0.1, -0.05) is 6.08 Å². The molecule has 0 saturated carbocycles. The van der Waals surface area contributed by atoms with E-state index in [1.807, 2.05) is 0 Å². The molecule has 0 fully saturated rings. The van der Waals surface area contributed by atoms with Crippen LogP contribution in [0, 0.1) is 0 Å². The topological polar surface area (TPSA) is 90.1 Å². The van der Waals surface area contributed by atoms with E-state index in [9.17, 15) is 13.2 Å². The summed E-state index contributed by atoms with van der Waals surface area (Å²) in [7, 11) is -3.72. The minimum atomic E-state index is -3.72. The Morgan fingerprint density at radius 2 is 2.24 bits per heavy atom. The van der Waals surface area contributed by atoms with E-state index in [1.165, 1.54) is 12.3 Å². The predicted octanol–water partition coefficient (Wildman–Crippen LogP) is 0.459. The fourth-order valence-electron chi connectivity index (χ4n) is 1.31. The van der Waals surface area contributed by atoms with Crippen molar-refractivity contribution >= 4 is 15.7 Å². The van der Waals surface area contributed by atoms with Crippen molar-refractivity contribution in [2.24, 2.45) is 5.73 Å². The van der Waals surface area contributed by atoms with Gasteiger partial charge in [-0.15, -0.1) is 6.58 Å². The van der Waals surface area contributed by atoms with Crippen LogP contribution >= 0.6 is 0 Å². The number of hydrogen-bond acceptors (Lipinski definition) is 4. The molecule has 0 bridgehead atoms. The van der Waals surface area contributed by atoms with E-state index in [0.717, 1.165) is 12.0 Å². The number of allylic oxidation sites excluding steroid dienone is 1. The van der Waals surface area contributed by atoms with Gasteiger partial charge >= 0.3 is 0 Å². The zero-order chi connectivity index (χ0) is 12.9. The van der Waals surface area contributed by atoms with Gasteiger partial charge in [-0.2, -0.15) is 0 Å². The summed E-state index contributed by atoms with van der Waals surface area (Å²) in [4.78, 5) is 14.4. The lowest BCUT2D eigenvalue weighted by Crippen LogP contribution is -2.23. The van der Waals surface area contributed by atoms with E-state index in [1.54, 1.807) is 12.1 Å². The number of sulfone groups is 1. The number of amides is 1. The molecule has 6 heteroatoms. The molecule has 92 valence electrons. The second-order valence-electron chi connectivity index (χ2n) is 3.56. The van der Waals surface area contributed by atoms with Gasteiger partial charge in [0.2, 0.25) is 15.7 Å². The summed E-state index contributed by atoms with van der Waals surface area (Å²) in [5, 5.41) is -0.113. The van der Waals surface area contributed by atoms with Gasteiger partial charge in [-0.25, -0.2) is 13.4 Å². The van der Waals surface area contributed by atoms with Crippen LogP contribution in [0.1, 0.15) is 12.0 Å². The number of pyridine rings is 1. The van der Waals surface area contributed by atoms with Crippen LogP contribution in [0.25, 0.3) is 0 Å². The maximum Gasteiger partial charge on any atom is 0.233 e. The predicted molar refractivity (Wildman–Crippen MR) is 64.0 cm³/mol. The van der Waals surface area contributed by atoms with Crippen LogP contribution in [0.15, 0.2) is 36.0 Å². The second-order valence-corrected chi connectivity index (χ2v) is 5.49. The van der Waals surface area contributed by atoms with Crippen LogP contribution in [0.4, 0.5) is 0 Å². The standard InChI is InChI=1S/C11H14N2O3S/c1-2-3-4-9-5-6-13-11(7-9)17(15,16)8-10(12)14/h2,5-7H,1,3-4,8H2,(H2,12,14). The first-order chi connectivity index (χ1) is 7.95. The molecule has 1 aromatic rings. The van der Waals surface area contributed by atoms with E-state index in [4.69, 9.17) is 5.73 Å². The summed E-state index contributed by atoms with van der Waals surface area (Å²) in [5.41, 5.74) is 5.71. The van der Waals surface area contributed by atoms with Crippen molar-refractivity contribution in [3.8, 4) is 0 Å². The molecule has 0 aliphatic heterocycles. The summed E-state index contributed by atoms with van der Waals surface area (Å²) in [5.74, 6) is -1.60. The Morgan fingerprint density at radius 3 is 2.82 bits per heavy atom. The van der Waals surface area contributed by atoms with Gasteiger partial charge < -0.3 is 5.73 Å². The molecule has 5 nitrogen and oxygen atoms in total. The van der Waals surface area contributed by atoms with Crippen molar-refractivity contribution < 1.29 is 13.2 Å². The second kappa shape index (κ2) is 5.58. The fourth-order valence-corrected chi connectivity index (χ4v) is 2.38. The highest BCUT2D eigenvalue weighted by Gasteiger charge is 2.19. The summed E-state index contributed by atoms with van der Waals surface area (Å²) in [6, 6.07) is 3.19. The maximum atomic E-state index is 11.7. The van der Waals surface area contributed by atoms with Crippen LogP contribution in [-0.4, -0.2) is 25.1 Å². The van der Waals surface area contributed by atoms with Gasteiger partial charge in [0.15, 0.2) is 5.03 Å². The molecular formula is C11H14N2O3S. The van der Waals surface area contributed by atoms with Gasteiger partial charge in [0, 0.05) is 6.20 Å². The Morgan fingerprint density at radius 1 is 1.53 bits per heavy atom. The van der Waals surface area contributed by atoms with E-state index in [2.05, 4.69) is 11.6 Å². The highest BCUT2D eigenvalue weighted by molar-refractivity contribution is 7.92. The lowest BCUT2D eigenvalue weighted by molar-refractivity contribution is -0.115. The lowest BCUT2D eigenvalue weighted by Gasteiger charge is -2.03. The van der Waals surface area contributed by atoms with Crippen molar-refractivity contribution in [1.82, 2.24) is 4.98 Å². The van der Waals surface area contributed by atoms with Crippen LogP contribution < -0.4 is 5.73 Å². The average molecular weight is 254 g/mol. The first kappa shape index (κ1) is 13.4. The zero-order valence-corrected chi connectivity index (χ0v) is 10.1. The zero-order valence-electron chi connectivity index (χ0n) is 9.30. The van der Waals surface area contributed by atoms with Gasteiger partial charge in [-0.05, 0) is 30.5 Å². The summed E-state index contributed by atoms with van der Waals surface area (Å²) in [6.07, 6.45) is 4.59. The molecule has 1 amide bonds. The number of aryl methyl sites for hydroxylation is 1. The molecular weight excluding hydrogens is 240 g/mol. The third-order valence-electron chi connectivity index (χ3n) is 2.09. The number of rotatable bonds is 6. The fraction of sp³-hybridized carbons (Fsp3) is 0.273. The van der Waals surface area contributed by atoms with Crippen LogP contribution in [0.3, 0.4) is 0 Å². The van der Waals surface area contributed by atoms with Gasteiger partial charge in [0.1, 0.15) is 5.75 Å². The molecule has 0 saturated heterocycles. The van der Waals surface area contributed by atoms with Crippen molar-refractivity contribution in [3.63, 3.8) is 0 Å². The van der Waals surface area contributed by atoms with Gasteiger partial charge in [0.05, 0.1) is 0 Å². The molecule has 0 unspecified atom stereocenters. The first-order valence-corrected chi connectivity index (χ1v) is 6.68. The minimum Gasteiger partial charge on any atom is -0.369 e. The Kier molecular flexibility index (Phi) is 4.39. The number of primary amides is 1. The molecule has 1 aromatic heterocycles. The molecule has 1 rings (SSSR count). The largest absolute Gasteiger partial charge is 0.369 e. The number of nitrogens with zero attached hydrogens (tertiary/aromatic N) is 1. The van der Waals surface area contributed by atoms with Gasteiger partial charge in [0.25, 0.3) is 0 Å². The molecule has 0 atom stereocenters. The van der Waals surface area contributed by atoms with Crippen LogP contribution in [0.2, 0.25) is 0 Å². The number of hydrogen-bond donors (Lipinski definition) is 1. The number of carbonyl (C=O) groups is 1. The number of nitrogens with two attached hydrogens (primary N) is 1. The third-order valence-corrected chi connectivity index (χ3v) is 3.61. The monoisotopic (exact) mass is 254 g/mol. The molecule has 0 aromatic carbocycles. The van der Waals surface area contributed by atoms with Crippen molar-refractivity contribution in [3.05, 3.63) is 36.5 Å². The molecule has 2 N–H and O–H groups in total. The third kappa shape index (κ3) is 3.99. The minimum absolute atomic E-state index is 0.113. The average Bonchev–Trinajstić information content (AvgIpc) is 2.25. The summed E-state index contributed by atoms with van der Waals surface area (Å²) in [6.45, 7) is 3.59. The maximum absolute atomic E-state index is 11.7. The first-order valence-electron chi connectivity index (χ1n) is 5.02. The highest BCUT2D eigenvalue weighted by Crippen LogP contribution is 2.11. The van der Waals surface area contributed by atoms with E-state index in [0.29, 0.717) is 6.42 Å². The van der Waals surface area contributed by atoms with E-state index in [-0.39, 0.29) is 5.03 Å². The summed E-state index contributed by atoms with van der Waals surface area (Å²) < 4.78 is 23.4. The Hall–Kier alpha value is -1.69. The molecule has 0 radical (unpaired) electrons. The van der Waals surface area contributed by atoms with Crippen molar-refractivity contribution in [2.45, 2.75) is 17.9 Å². The molecule has 1 heterocycles. The van der Waals surface area contributed by atoms with Gasteiger partial charge in [-0.3, -0.25) is 4.79 Å². The molecule has 0 spiro atoms. The Labute approximate surface area is 100 Å². The summed E-state index contributed by atoms with van der Waals surface area (Å²) >= 11 is 0. The molecule has 0 aliphatic rings. The SMILES string of the molecule is C=CCCc1ccnc(S(=O)(=O)CC(N)=O)c1. The van der Waals surface area contributed by atoms with Crippen LogP contribution in [0.5, 0.6) is 0 Å². The molecule has 0 aliphatic carbocycles. The highest BCUT2D eigenvalue weighted by atomic mass is 32.2. The quantitative estimate of drug-likeness (QED) is 0.747. The van der Waals surface area contributed by atoms with Crippen molar-refractivity contribution in [1.29, 1.82) is 0 Å². The number of carbonyl (C=O) groups excluding carboxylic acids is 1. The Bertz CT molecular complexity index is 523. The van der Waals surface area contributed by atoms with E-state index >= 15 is 0 Å². The molecule has 17 heavy (non-hydrogen) atoms. The normalized spacial score (nSPS) is 11.1. The van der Waals surface area contributed by atoms with Crippen LogP contribution in [-0.2, 0) is 21.1 Å². The smallest absolute Gasteiger partial charge is 0.233 e. The van der Waals surface area contributed by atoms with Crippen molar-refractivity contribution in [2.75, 3.05) is 5.75 Å². The van der Waals surface area contributed by atoms with E-state index < -0.39 is 21.5 Å². The Balaban J connectivity index is 2.98.